The molecule has 1 atom stereocenters. The van der Waals surface area contributed by atoms with Crippen molar-refractivity contribution in [3.8, 4) is 0 Å². The predicted molar refractivity (Wildman–Crippen MR) is 112 cm³/mol. The Morgan fingerprint density at radius 2 is 2.07 bits per heavy atom. The van der Waals surface area contributed by atoms with E-state index in [1.165, 1.54) is 12.0 Å². The zero-order valence-corrected chi connectivity index (χ0v) is 17.0. The summed E-state index contributed by atoms with van der Waals surface area (Å²) in [4.78, 5) is 31.1. The first kappa shape index (κ1) is 18.1. The molecular formula is C20H19IN4O2. The van der Waals surface area contributed by atoms with Crippen LogP contribution >= 0.6 is 22.6 Å². The number of amides is 2. The van der Waals surface area contributed by atoms with E-state index in [1.54, 1.807) is 12.3 Å². The normalized spacial score (nSPS) is 21.3. The van der Waals surface area contributed by atoms with E-state index < -0.39 is 5.91 Å². The third-order valence-electron chi connectivity index (χ3n) is 5.04. The molecule has 27 heavy (non-hydrogen) atoms. The molecular weight excluding hydrogens is 455 g/mol. The van der Waals surface area contributed by atoms with Crippen molar-refractivity contribution in [1.29, 1.82) is 0 Å². The Labute approximate surface area is 171 Å². The third-order valence-corrected chi connectivity index (χ3v) is 5.72. The second kappa shape index (κ2) is 7.40. The number of likely N-dealkylation sites (tertiary alicyclic amines) is 1. The van der Waals surface area contributed by atoms with Gasteiger partial charge in [0.05, 0.1) is 5.57 Å². The van der Waals surface area contributed by atoms with Gasteiger partial charge < -0.3 is 5.32 Å². The van der Waals surface area contributed by atoms with Gasteiger partial charge in [0.2, 0.25) is 0 Å². The molecule has 3 heterocycles. The topological polar surface area (TPSA) is 74.3 Å². The number of hydrogen-bond donors (Lipinski definition) is 2. The van der Waals surface area contributed by atoms with Gasteiger partial charge in [-0.1, -0.05) is 6.07 Å². The van der Waals surface area contributed by atoms with Gasteiger partial charge >= 0.3 is 0 Å². The number of nitrogens with one attached hydrogen (secondary N) is 2. The molecule has 0 bridgehead atoms. The summed E-state index contributed by atoms with van der Waals surface area (Å²) >= 11 is 2.17. The van der Waals surface area contributed by atoms with Gasteiger partial charge in [-0.3, -0.25) is 19.8 Å². The number of benzene rings is 1. The van der Waals surface area contributed by atoms with Crippen LogP contribution in [0.25, 0.3) is 5.57 Å². The van der Waals surface area contributed by atoms with Crippen LogP contribution in [0.3, 0.4) is 0 Å². The molecule has 1 aromatic carbocycles. The van der Waals surface area contributed by atoms with Crippen LogP contribution in [-0.4, -0.2) is 35.3 Å². The lowest BCUT2D eigenvalue weighted by atomic mass is 9.96. The fraction of sp³-hybridized carbons (Fsp3) is 0.250. The van der Waals surface area contributed by atoms with E-state index in [9.17, 15) is 9.59 Å². The number of fused-ring (bicyclic) bond motifs is 1. The van der Waals surface area contributed by atoms with Crippen LogP contribution < -0.4 is 10.6 Å². The molecule has 2 amide bonds. The maximum atomic E-state index is 12.3. The molecule has 4 rings (SSSR count). The number of anilines is 1. The van der Waals surface area contributed by atoms with Crippen molar-refractivity contribution in [1.82, 2.24) is 15.2 Å². The summed E-state index contributed by atoms with van der Waals surface area (Å²) in [7, 11) is 2.13. The van der Waals surface area contributed by atoms with E-state index in [1.807, 2.05) is 24.4 Å². The van der Waals surface area contributed by atoms with E-state index in [0.29, 0.717) is 28.6 Å². The number of rotatable bonds is 3. The molecule has 7 heteroatoms. The summed E-state index contributed by atoms with van der Waals surface area (Å²) in [5, 5.41) is 5.47. The van der Waals surface area contributed by atoms with Crippen LogP contribution in [0, 0.1) is 3.57 Å². The number of aromatic nitrogens is 1. The molecule has 1 unspecified atom stereocenters. The molecule has 138 valence electrons. The maximum Gasteiger partial charge on any atom is 0.260 e. The quantitative estimate of drug-likeness (QED) is 0.406. The van der Waals surface area contributed by atoms with Gasteiger partial charge in [0, 0.05) is 33.1 Å². The zero-order valence-electron chi connectivity index (χ0n) is 14.8. The summed E-state index contributed by atoms with van der Waals surface area (Å²) in [5.41, 5.74) is 2.75. The highest BCUT2D eigenvalue weighted by atomic mass is 127. The van der Waals surface area contributed by atoms with Crippen LogP contribution in [0.4, 0.5) is 5.82 Å². The van der Waals surface area contributed by atoms with Crippen molar-refractivity contribution in [2.75, 3.05) is 18.9 Å². The van der Waals surface area contributed by atoms with Crippen LogP contribution in [0.2, 0.25) is 0 Å². The highest BCUT2D eigenvalue weighted by molar-refractivity contribution is 14.1. The lowest BCUT2D eigenvalue weighted by Gasteiger charge is -2.20. The largest absolute Gasteiger partial charge is 0.346 e. The smallest absolute Gasteiger partial charge is 0.260 e. The van der Waals surface area contributed by atoms with Crippen molar-refractivity contribution < 1.29 is 9.59 Å². The fourth-order valence-electron chi connectivity index (χ4n) is 3.61. The number of halogens is 1. The van der Waals surface area contributed by atoms with E-state index in [2.05, 4.69) is 56.2 Å². The van der Waals surface area contributed by atoms with Gasteiger partial charge in [-0.2, -0.15) is 0 Å². The standard InChI is InChI=1S/C20H19IN4O2/c1-25-8-2-3-17(25)12-4-7-18(22-10-12)23-11-16-15-9-13(21)5-6-14(15)19(26)24-20(16)27/h4-7,9-11,17H,2-3,8H2,1H3,(H,22,23)(H,24,26,27)/b16-11+. The van der Waals surface area contributed by atoms with Gasteiger partial charge in [-0.25, -0.2) is 4.98 Å². The summed E-state index contributed by atoms with van der Waals surface area (Å²) in [6.45, 7) is 1.11. The van der Waals surface area contributed by atoms with Crippen LogP contribution in [-0.2, 0) is 4.79 Å². The SMILES string of the molecule is CN1CCCC1c1ccc(N/C=C2/C(=O)NC(=O)c3ccc(I)cc32)nc1. The van der Waals surface area contributed by atoms with Crippen LogP contribution in [0.1, 0.15) is 40.4 Å². The van der Waals surface area contributed by atoms with Gasteiger partial charge in [0.1, 0.15) is 5.82 Å². The molecule has 2 aliphatic rings. The van der Waals surface area contributed by atoms with E-state index >= 15 is 0 Å². The van der Waals surface area contributed by atoms with Crippen molar-refractivity contribution in [3.05, 3.63) is 63.0 Å². The second-order valence-electron chi connectivity index (χ2n) is 6.79. The van der Waals surface area contributed by atoms with Crippen LogP contribution in [0.5, 0.6) is 0 Å². The molecule has 1 aromatic heterocycles. The second-order valence-corrected chi connectivity index (χ2v) is 8.04. The maximum absolute atomic E-state index is 12.3. The minimum absolute atomic E-state index is 0.369. The van der Waals surface area contributed by atoms with Crippen molar-refractivity contribution in [2.24, 2.45) is 0 Å². The van der Waals surface area contributed by atoms with Crippen molar-refractivity contribution in [2.45, 2.75) is 18.9 Å². The Morgan fingerprint density at radius 3 is 2.78 bits per heavy atom. The predicted octanol–water partition coefficient (Wildman–Crippen LogP) is 3.18. The summed E-state index contributed by atoms with van der Waals surface area (Å²) < 4.78 is 0.961. The Hall–Kier alpha value is -2.26. The molecule has 6 nitrogen and oxygen atoms in total. The first-order valence-electron chi connectivity index (χ1n) is 8.81. The first-order chi connectivity index (χ1) is 13.0. The molecule has 0 spiro atoms. The Bertz CT molecular complexity index is 939. The van der Waals surface area contributed by atoms with E-state index in [-0.39, 0.29) is 5.91 Å². The fourth-order valence-corrected chi connectivity index (χ4v) is 4.10. The Balaban J connectivity index is 1.57. The van der Waals surface area contributed by atoms with Crippen LogP contribution in [0.15, 0.2) is 42.7 Å². The number of carbonyl (C=O) groups is 2. The van der Waals surface area contributed by atoms with Crippen molar-refractivity contribution >= 4 is 45.8 Å². The van der Waals surface area contributed by atoms with Gasteiger partial charge in [0.15, 0.2) is 0 Å². The molecule has 1 saturated heterocycles. The molecule has 0 radical (unpaired) electrons. The third kappa shape index (κ3) is 3.61. The highest BCUT2D eigenvalue weighted by Crippen LogP contribution is 2.30. The number of pyridine rings is 1. The lowest BCUT2D eigenvalue weighted by Crippen LogP contribution is -2.36. The molecule has 0 aliphatic carbocycles. The number of carbonyl (C=O) groups excluding carboxylic acids is 2. The number of hydrogen-bond acceptors (Lipinski definition) is 5. The monoisotopic (exact) mass is 474 g/mol. The molecule has 2 N–H and O–H groups in total. The van der Waals surface area contributed by atoms with Gasteiger partial charge in [0.25, 0.3) is 11.8 Å². The van der Waals surface area contributed by atoms with Crippen molar-refractivity contribution in [3.63, 3.8) is 0 Å². The minimum atomic E-state index is -0.411. The highest BCUT2D eigenvalue weighted by Gasteiger charge is 2.27. The number of nitrogens with zero attached hydrogens (tertiary/aromatic N) is 2. The first-order valence-corrected chi connectivity index (χ1v) is 9.89. The van der Waals surface area contributed by atoms with Gasteiger partial charge in [-0.05, 0) is 78.9 Å². The van der Waals surface area contributed by atoms with E-state index in [4.69, 9.17) is 0 Å². The molecule has 2 aromatic rings. The molecule has 1 fully saturated rings. The summed E-state index contributed by atoms with van der Waals surface area (Å²) in [6.07, 6.45) is 5.85. The molecule has 0 saturated carbocycles. The average molecular weight is 474 g/mol. The number of imide groups is 1. The minimum Gasteiger partial charge on any atom is -0.346 e. The Morgan fingerprint density at radius 1 is 1.22 bits per heavy atom. The Kier molecular flexibility index (Phi) is 4.96. The lowest BCUT2D eigenvalue weighted by molar-refractivity contribution is -0.114. The van der Waals surface area contributed by atoms with E-state index in [0.717, 1.165) is 16.5 Å². The van der Waals surface area contributed by atoms with Gasteiger partial charge in [-0.15, -0.1) is 0 Å². The molecule has 2 aliphatic heterocycles. The summed E-state index contributed by atoms with van der Waals surface area (Å²) in [5.74, 6) is -0.123. The zero-order chi connectivity index (χ0) is 19.0. The summed E-state index contributed by atoms with van der Waals surface area (Å²) in [6, 6.07) is 9.83. The average Bonchev–Trinajstić information content (AvgIpc) is 3.07.